The summed E-state index contributed by atoms with van der Waals surface area (Å²) >= 11 is 3.35. The molecule has 0 atom stereocenters. The Balaban J connectivity index is 1.84. The molecule has 2 aromatic rings. The number of carbonyl (C=O) groups is 1. The molecule has 0 saturated heterocycles. The number of nitrogens with zero attached hydrogens (tertiary/aromatic N) is 1. The number of aryl methyl sites for hydroxylation is 1. The second kappa shape index (κ2) is 6.33. The van der Waals surface area contributed by atoms with Crippen LogP contribution in [0.4, 0.5) is 0 Å². The van der Waals surface area contributed by atoms with Gasteiger partial charge in [-0.1, -0.05) is 28.1 Å². The fourth-order valence-electron chi connectivity index (χ4n) is 1.52. The largest absolute Gasteiger partial charge is 0.460 e. The van der Waals surface area contributed by atoms with Gasteiger partial charge in [0.05, 0.1) is 12.6 Å². The van der Waals surface area contributed by atoms with Crippen molar-refractivity contribution in [3.63, 3.8) is 0 Å². The first kappa shape index (κ1) is 13.5. The van der Waals surface area contributed by atoms with Crippen LogP contribution in [-0.4, -0.2) is 12.1 Å². The Kier molecular flexibility index (Phi) is 4.52. The molecule has 0 aliphatic carbocycles. The number of rotatable bonds is 4. The molecule has 1 aromatic carbocycles. The van der Waals surface area contributed by atoms with E-state index in [2.05, 4.69) is 26.5 Å². The Labute approximate surface area is 119 Å². The first-order chi connectivity index (χ1) is 9.13. The Morgan fingerprint density at radius 2 is 2.05 bits per heavy atom. The first-order valence-electron chi connectivity index (χ1n) is 5.76. The molecule has 0 aliphatic rings. The molecule has 0 saturated carbocycles. The van der Waals surface area contributed by atoms with E-state index in [0.29, 0.717) is 12.2 Å². The Morgan fingerprint density at radius 1 is 1.32 bits per heavy atom. The van der Waals surface area contributed by atoms with Crippen LogP contribution < -0.4 is 5.43 Å². The molecule has 1 heterocycles. The Morgan fingerprint density at radius 3 is 2.68 bits per heavy atom. The summed E-state index contributed by atoms with van der Waals surface area (Å²) in [6, 6.07) is 11.2. The summed E-state index contributed by atoms with van der Waals surface area (Å²) in [5.41, 5.74) is 3.40. The monoisotopic (exact) mass is 320 g/mol. The smallest absolute Gasteiger partial charge is 0.244 e. The lowest BCUT2D eigenvalue weighted by molar-refractivity contribution is -0.120. The van der Waals surface area contributed by atoms with Gasteiger partial charge in [0.2, 0.25) is 5.91 Å². The SMILES string of the molecule is Cc1ccc(/C=N/NC(=O)Cc2ccc(Br)cc2)o1. The summed E-state index contributed by atoms with van der Waals surface area (Å²) in [6.45, 7) is 1.85. The summed E-state index contributed by atoms with van der Waals surface area (Å²) in [6.07, 6.45) is 1.77. The van der Waals surface area contributed by atoms with Gasteiger partial charge in [-0.05, 0) is 36.8 Å². The summed E-state index contributed by atoms with van der Waals surface area (Å²) in [5, 5.41) is 3.84. The maximum atomic E-state index is 11.6. The van der Waals surface area contributed by atoms with E-state index in [1.165, 1.54) is 6.21 Å². The maximum Gasteiger partial charge on any atom is 0.244 e. The van der Waals surface area contributed by atoms with Crippen LogP contribution in [0, 0.1) is 6.92 Å². The standard InChI is InChI=1S/C14H13BrN2O2/c1-10-2-7-13(19-10)9-16-17-14(18)8-11-3-5-12(15)6-4-11/h2-7,9H,8H2,1H3,(H,17,18)/b16-9+. The van der Waals surface area contributed by atoms with E-state index in [1.807, 2.05) is 37.3 Å². The van der Waals surface area contributed by atoms with E-state index in [9.17, 15) is 4.79 Å². The van der Waals surface area contributed by atoms with Crippen molar-refractivity contribution >= 4 is 28.1 Å². The fourth-order valence-corrected chi connectivity index (χ4v) is 1.78. The molecule has 1 N–H and O–H groups in total. The highest BCUT2D eigenvalue weighted by atomic mass is 79.9. The number of hydrogen-bond acceptors (Lipinski definition) is 3. The first-order valence-corrected chi connectivity index (χ1v) is 6.55. The van der Waals surface area contributed by atoms with E-state index in [-0.39, 0.29) is 5.91 Å². The van der Waals surface area contributed by atoms with Crippen LogP contribution in [0.3, 0.4) is 0 Å². The predicted molar refractivity (Wildman–Crippen MR) is 77.0 cm³/mol. The molecule has 0 unspecified atom stereocenters. The van der Waals surface area contributed by atoms with Crippen molar-refractivity contribution in [2.24, 2.45) is 5.10 Å². The highest BCUT2D eigenvalue weighted by Gasteiger charge is 2.02. The highest BCUT2D eigenvalue weighted by molar-refractivity contribution is 9.10. The number of furan rings is 1. The third-order valence-electron chi connectivity index (χ3n) is 2.42. The lowest BCUT2D eigenvalue weighted by Gasteiger charge is -2.00. The van der Waals surface area contributed by atoms with Crippen LogP contribution in [0.2, 0.25) is 0 Å². The van der Waals surface area contributed by atoms with Crippen molar-refractivity contribution in [2.75, 3.05) is 0 Å². The van der Waals surface area contributed by atoms with E-state index in [0.717, 1.165) is 15.8 Å². The molecular weight excluding hydrogens is 308 g/mol. The average molecular weight is 321 g/mol. The van der Waals surface area contributed by atoms with Gasteiger partial charge in [-0.3, -0.25) is 4.79 Å². The van der Waals surface area contributed by atoms with Crippen molar-refractivity contribution < 1.29 is 9.21 Å². The summed E-state index contributed by atoms with van der Waals surface area (Å²) in [5.74, 6) is 1.26. The number of carbonyl (C=O) groups excluding carboxylic acids is 1. The molecule has 98 valence electrons. The van der Waals surface area contributed by atoms with Crippen molar-refractivity contribution in [2.45, 2.75) is 13.3 Å². The molecule has 2 rings (SSSR count). The van der Waals surface area contributed by atoms with E-state index in [4.69, 9.17) is 4.42 Å². The van der Waals surface area contributed by atoms with Crippen LogP contribution in [-0.2, 0) is 11.2 Å². The van der Waals surface area contributed by atoms with Gasteiger partial charge < -0.3 is 4.42 Å². The van der Waals surface area contributed by atoms with Crippen molar-refractivity contribution in [3.8, 4) is 0 Å². The van der Waals surface area contributed by atoms with Gasteiger partial charge in [-0.15, -0.1) is 0 Å². The zero-order valence-electron chi connectivity index (χ0n) is 10.4. The zero-order valence-corrected chi connectivity index (χ0v) is 12.0. The van der Waals surface area contributed by atoms with Crippen LogP contribution in [0.25, 0.3) is 0 Å². The summed E-state index contributed by atoms with van der Waals surface area (Å²) < 4.78 is 6.28. The number of hydrazone groups is 1. The molecule has 0 spiro atoms. The molecule has 4 nitrogen and oxygen atoms in total. The van der Waals surface area contributed by atoms with Gasteiger partial charge in [0.1, 0.15) is 11.5 Å². The number of hydrogen-bond donors (Lipinski definition) is 1. The molecule has 5 heteroatoms. The molecule has 19 heavy (non-hydrogen) atoms. The van der Waals surface area contributed by atoms with Gasteiger partial charge in [0, 0.05) is 4.47 Å². The maximum absolute atomic E-state index is 11.6. The molecule has 0 bridgehead atoms. The van der Waals surface area contributed by atoms with E-state index in [1.54, 1.807) is 6.07 Å². The number of nitrogens with one attached hydrogen (secondary N) is 1. The van der Waals surface area contributed by atoms with Crippen LogP contribution in [0.1, 0.15) is 17.1 Å². The lowest BCUT2D eigenvalue weighted by atomic mass is 10.1. The molecule has 1 aromatic heterocycles. The van der Waals surface area contributed by atoms with Crippen LogP contribution >= 0.6 is 15.9 Å². The van der Waals surface area contributed by atoms with E-state index >= 15 is 0 Å². The van der Waals surface area contributed by atoms with Crippen LogP contribution in [0.15, 0.2) is 50.4 Å². The van der Waals surface area contributed by atoms with Crippen molar-refractivity contribution in [1.29, 1.82) is 0 Å². The number of halogens is 1. The molecule has 0 radical (unpaired) electrons. The number of amides is 1. The van der Waals surface area contributed by atoms with Crippen LogP contribution in [0.5, 0.6) is 0 Å². The second-order valence-corrected chi connectivity index (χ2v) is 4.96. The predicted octanol–water partition coefficient (Wildman–Crippen LogP) is 3.04. The van der Waals surface area contributed by atoms with Gasteiger partial charge in [-0.2, -0.15) is 5.10 Å². The van der Waals surface area contributed by atoms with E-state index < -0.39 is 0 Å². The van der Waals surface area contributed by atoms with Gasteiger partial charge in [0.15, 0.2) is 0 Å². The fraction of sp³-hybridized carbons (Fsp3) is 0.143. The van der Waals surface area contributed by atoms with Crippen molar-refractivity contribution in [3.05, 3.63) is 58.0 Å². The topological polar surface area (TPSA) is 54.6 Å². The average Bonchev–Trinajstić information content (AvgIpc) is 2.78. The minimum Gasteiger partial charge on any atom is -0.460 e. The Hall–Kier alpha value is -1.88. The summed E-state index contributed by atoms with van der Waals surface area (Å²) in [7, 11) is 0. The van der Waals surface area contributed by atoms with Crippen molar-refractivity contribution in [1.82, 2.24) is 5.43 Å². The third kappa shape index (κ3) is 4.37. The van der Waals surface area contributed by atoms with Gasteiger partial charge >= 0.3 is 0 Å². The second-order valence-electron chi connectivity index (χ2n) is 4.04. The number of benzene rings is 1. The third-order valence-corrected chi connectivity index (χ3v) is 2.95. The summed E-state index contributed by atoms with van der Waals surface area (Å²) in [4.78, 5) is 11.6. The molecule has 0 fully saturated rings. The quantitative estimate of drug-likeness (QED) is 0.695. The normalized spacial score (nSPS) is 10.8. The lowest BCUT2D eigenvalue weighted by Crippen LogP contribution is -2.19. The minimum absolute atomic E-state index is 0.165. The molecule has 0 aliphatic heterocycles. The van der Waals surface area contributed by atoms with Gasteiger partial charge in [-0.25, -0.2) is 5.43 Å². The molecular formula is C14H13BrN2O2. The Bertz CT molecular complexity index is 588. The zero-order chi connectivity index (χ0) is 13.7. The van der Waals surface area contributed by atoms with Gasteiger partial charge in [0.25, 0.3) is 0 Å². The highest BCUT2D eigenvalue weighted by Crippen LogP contribution is 2.10. The molecule has 1 amide bonds. The minimum atomic E-state index is -0.165.